The second kappa shape index (κ2) is 13.7. The van der Waals surface area contributed by atoms with Gasteiger partial charge in [-0.05, 0) is 52.8 Å². The molecular weight excluding hydrogens is 570 g/mol. The topological polar surface area (TPSA) is 198 Å². The fourth-order valence-corrected chi connectivity index (χ4v) is 3.12. The molecule has 1 aromatic heterocycles. The molecule has 0 radical (unpaired) electrons. The molecule has 2 amide bonds. The van der Waals surface area contributed by atoms with Gasteiger partial charge in [0.25, 0.3) is 11.8 Å². The van der Waals surface area contributed by atoms with Gasteiger partial charge >= 0.3 is 17.9 Å². The highest BCUT2D eigenvalue weighted by Gasteiger charge is 2.33. The molecule has 0 aliphatic rings. The summed E-state index contributed by atoms with van der Waals surface area (Å²) in [5, 5.41) is 5.47. The van der Waals surface area contributed by atoms with E-state index in [9.17, 15) is 24.0 Å². The fourth-order valence-electron chi connectivity index (χ4n) is 2.57. The summed E-state index contributed by atoms with van der Waals surface area (Å²) >= 11 is 1.07. The summed E-state index contributed by atoms with van der Waals surface area (Å²) in [6.45, 7) is 9.96. The maximum atomic E-state index is 12.7. The van der Waals surface area contributed by atoms with E-state index < -0.39 is 40.9 Å². The third-order valence-corrected chi connectivity index (χ3v) is 4.95. The number of benzene rings is 1. The van der Waals surface area contributed by atoms with Crippen LogP contribution in [-0.2, 0) is 28.8 Å². The molecule has 16 heteroatoms. The monoisotopic (exact) mass is 599 g/mol. The highest BCUT2D eigenvalue weighted by Crippen LogP contribution is 2.29. The first-order chi connectivity index (χ1) is 18.0. The van der Waals surface area contributed by atoms with Crippen LogP contribution >= 0.6 is 23.7 Å². The van der Waals surface area contributed by atoms with Crippen LogP contribution in [0.1, 0.15) is 64.5 Å². The number of halogens is 1. The normalized spacial score (nSPS) is 11.4. The van der Waals surface area contributed by atoms with Gasteiger partial charge in [0.05, 0.1) is 0 Å². The van der Waals surface area contributed by atoms with Gasteiger partial charge in [-0.1, -0.05) is 5.16 Å². The smallest absolute Gasteiger partial charge is 0.363 e. The SMILES string of the molecule is CC(=O)Oc1ccc(C(=O)NNC(=O)C(C)(C)ON=C(C(=O)OC(C)(C)C)c2csc(N)n2)cc1OC(C)=O.Cl. The zero-order valence-electron chi connectivity index (χ0n) is 22.8. The van der Waals surface area contributed by atoms with E-state index in [0.717, 1.165) is 31.3 Å². The molecule has 0 aliphatic heterocycles. The van der Waals surface area contributed by atoms with Crippen molar-refractivity contribution in [3.8, 4) is 11.5 Å². The number of hydrogen-bond acceptors (Lipinski definition) is 13. The minimum Gasteiger partial charge on any atom is -0.455 e. The molecule has 218 valence electrons. The molecule has 40 heavy (non-hydrogen) atoms. The van der Waals surface area contributed by atoms with Crippen LogP contribution < -0.4 is 26.1 Å². The Morgan fingerprint density at radius 1 is 0.950 bits per heavy atom. The molecule has 4 N–H and O–H groups in total. The number of anilines is 1. The van der Waals surface area contributed by atoms with Gasteiger partial charge < -0.3 is 24.8 Å². The molecule has 0 unspecified atom stereocenters. The lowest BCUT2D eigenvalue weighted by atomic mass is 10.1. The number of aromatic nitrogens is 1. The van der Waals surface area contributed by atoms with Gasteiger partial charge in [0, 0.05) is 24.8 Å². The largest absolute Gasteiger partial charge is 0.455 e. The van der Waals surface area contributed by atoms with Crippen molar-refractivity contribution in [3.05, 3.63) is 34.8 Å². The van der Waals surface area contributed by atoms with Crippen LogP contribution in [0.4, 0.5) is 5.13 Å². The number of thiazole rings is 1. The summed E-state index contributed by atoms with van der Waals surface area (Å²) in [6, 6.07) is 3.69. The third-order valence-electron chi connectivity index (χ3n) is 4.27. The molecule has 0 bridgehead atoms. The lowest BCUT2D eigenvalue weighted by Gasteiger charge is -2.23. The fraction of sp³-hybridized carbons (Fsp3) is 0.375. The predicted octanol–water partition coefficient (Wildman–Crippen LogP) is 2.30. The Morgan fingerprint density at radius 3 is 2.08 bits per heavy atom. The predicted molar refractivity (Wildman–Crippen MR) is 146 cm³/mol. The standard InChI is InChI=1S/C24H29N5O9S.ClH/c1-12(30)35-16-9-8-14(10-17(16)36-13(2)31)19(32)27-28-21(34)24(6,7)38-29-18(15-11-39-22(25)26-15)20(33)37-23(3,4)5;/h8-11H,1-7H3,(H2,25,26)(H,27,32)(H,28,34);1H. The van der Waals surface area contributed by atoms with Crippen LogP contribution in [0.5, 0.6) is 11.5 Å². The van der Waals surface area contributed by atoms with E-state index in [0.29, 0.717) is 0 Å². The number of rotatable bonds is 8. The van der Waals surface area contributed by atoms with Gasteiger partial charge in [-0.15, -0.1) is 23.7 Å². The average molecular weight is 600 g/mol. The van der Waals surface area contributed by atoms with E-state index in [1.807, 2.05) is 0 Å². The second-order valence-electron chi connectivity index (χ2n) is 9.37. The Balaban J connectivity index is 0.00000800. The van der Waals surface area contributed by atoms with Crippen molar-refractivity contribution < 1.29 is 43.0 Å². The van der Waals surface area contributed by atoms with Crippen LogP contribution in [0, 0.1) is 0 Å². The van der Waals surface area contributed by atoms with E-state index in [1.165, 1.54) is 31.4 Å². The van der Waals surface area contributed by atoms with E-state index in [4.69, 9.17) is 24.8 Å². The lowest BCUT2D eigenvalue weighted by Crippen LogP contribution is -2.51. The molecule has 0 spiro atoms. The summed E-state index contributed by atoms with van der Waals surface area (Å²) in [4.78, 5) is 70.0. The van der Waals surface area contributed by atoms with Crippen LogP contribution in [-0.4, -0.2) is 51.6 Å². The molecule has 0 saturated heterocycles. The van der Waals surface area contributed by atoms with Crippen LogP contribution in [0.2, 0.25) is 0 Å². The number of amides is 2. The van der Waals surface area contributed by atoms with Gasteiger partial charge in [-0.25, -0.2) is 9.78 Å². The Kier molecular flexibility index (Phi) is 11.6. The van der Waals surface area contributed by atoms with Gasteiger partial charge in [0.15, 0.2) is 16.6 Å². The molecule has 0 fully saturated rings. The van der Waals surface area contributed by atoms with Crippen LogP contribution in [0.15, 0.2) is 28.7 Å². The zero-order valence-corrected chi connectivity index (χ0v) is 24.4. The summed E-state index contributed by atoms with van der Waals surface area (Å²) < 4.78 is 15.3. The van der Waals surface area contributed by atoms with Crippen molar-refractivity contribution in [2.24, 2.45) is 5.16 Å². The second-order valence-corrected chi connectivity index (χ2v) is 10.3. The lowest BCUT2D eigenvalue weighted by molar-refractivity contribution is -0.148. The summed E-state index contributed by atoms with van der Waals surface area (Å²) in [5.41, 5.74) is 7.25. The molecule has 0 atom stereocenters. The number of carbonyl (C=O) groups is 5. The number of oxime groups is 1. The maximum Gasteiger partial charge on any atom is 0.363 e. The zero-order chi connectivity index (χ0) is 29.5. The van der Waals surface area contributed by atoms with Crippen molar-refractivity contribution in [1.82, 2.24) is 15.8 Å². The first-order valence-corrected chi connectivity index (χ1v) is 12.2. The Bertz CT molecular complexity index is 1320. The number of hydrogen-bond donors (Lipinski definition) is 3. The van der Waals surface area contributed by atoms with Crippen molar-refractivity contribution in [2.75, 3.05) is 5.73 Å². The molecule has 1 aromatic carbocycles. The van der Waals surface area contributed by atoms with Gasteiger partial charge in [-0.3, -0.25) is 30.0 Å². The Labute approximate surface area is 239 Å². The van der Waals surface area contributed by atoms with Gasteiger partial charge in [0.1, 0.15) is 11.3 Å². The van der Waals surface area contributed by atoms with E-state index in [2.05, 4.69) is 21.0 Å². The number of nitrogens with two attached hydrogens (primary N) is 1. The van der Waals surface area contributed by atoms with Gasteiger partial charge in [-0.2, -0.15) is 0 Å². The van der Waals surface area contributed by atoms with Crippen molar-refractivity contribution >= 4 is 64.3 Å². The number of carbonyl (C=O) groups excluding carboxylic acids is 5. The molecule has 2 aromatic rings. The number of hydrazine groups is 1. The summed E-state index contributed by atoms with van der Waals surface area (Å²) in [5.74, 6) is -4.10. The van der Waals surface area contributed by atoms with Gasteiger partial charge in [0.2, 0.25) is 11.3 Å². The molecule has 2 rings (SSSR count). The number of nitrogens with one attached hydrogen (secondary N) is 2. The third kappa shape index (κ3) is 10.1. The molecule has 0 aliphatic carbocycles. The highest BCUT2D eigenvalue weighted by molar-refractivity contribution is 7.13. The summed E-state index contributed by atoms with van der Waals surface area (Å²) in [6.07, 6.45) is 0. The average Bonchev–Trinajstić information content (AvgIpc) is 3.22. The first-order valence-electron chi connectivity index (χ1n) is 11.3. The number of esters is 3. The minimum atomic E-state index is -1.69. The van der Waals surface area contributed by atoms with Crippen molar-refractivity contribution in [1.29, 1.82) is 0 Å². The number of ether oxygens (including phenoxy) is 3. The first kappa shape index (κ1) is 33.8. The Morgan fingerprint density at radius 2 is 1.55 bits per heavy atom. The molecular formula is C24H30ClN5O9S. The molecule has 0 saturated carbocycles. The van der Waals surface area contributed by atoms with Crippen LogP contribution in [0.3, 0.4) is 0 Å². The van der Waals surface area contributed by atoms with Crippen LogP contribution in [0.25, 0.3) is 0 Å². The number of nitrogen functional groups attached to an aromatic ring is 1. The van der Waals surface area contributed by atoms with E-state index in [-0.39, 0.29) is 46.0 Å². The minimum absolute atomic E-state index is 0. The highest BCUT2D eigenvalue weighted by atomic mass is 35.5. The van der Waals surface area contributed by atoms with E-state index in [1.54, 1.807) is 20.8 Å². The van der Waals surface area contributed by atoms with E-state index >= 15 is 0 Å². The molecule has 1 heterocycles. The number of nitrogens with zero attached hydrogens (tertiary/aromatic N) is 2. The molecule has 14 nitrogen and oxygen atoms in total. The Hall–Kier alpha value is -4.24. The van der Waals surface area contributed by atoms with Crippen molar-refractivity contribution in [2.45, 2.75) is 59.7 Å². The summed E-state index contributed by atoms with van der Waals surface area (Å²) in [7, 11) is 0. The quantitative estimate of drug-likeness (QED) is 0.174. The maximum absolute atomic E-state index is 12.7. The van der Waals surface area contributed by atoms with Crippen molar-refractivity contribution in [3.63, 3.8) is 0 Å².